The summed E-state index contributed by atoms with van der Waals surface area (Å²) >= 11 is 1.71. The summed E-state index contributed by atoms with van der Waals surface area (Å²) in [6, 6.07) is 6.77. The summed E-state index contributed by atoms with van der Waals surface area (Å²) in [5.74, 6) is 3.23. The molecule has 2 aromatic rings. The van der Waals surface area contributed by atoms with Gasteiger partial charge in [-0.3, -0.25) is 0 Å². The predicted octanol–water partition coefficient (Wildman–Crippen LogP) is 3.87. The molecule has 1 aromatic heterocycles. The minimum Gasteiger partial charge on any atom is -0.469 e. The van der Waals surface area contributed by atoms with Crippen LogP contribution in [0.2, 0.25) is 0 Å². The maximum absolute atomic E-state index is 12.8. The summed E-state index contributed by atoms with van der Waals surface area (Å²) in [5.41, 5.74) is 0.478. The van der Waals surface area contributed by atoms with Crippen molar-refractivity contribution in [3.05, 3.63) is 41.9 Å². The minimum atomic E-state index is -2.94. The van der Waals surface area contributed by atoms with E-state index < -0.39 is 6.61 Å². The number of benzene rings is 1. The van der Waals surface area contributed by atoms with Crippen molar-refractivity contribution in [1.29, 1.82) is 0 Å². The predicted molar refractivity (Wildman–Crippen MR) is 123 cm³/mol. The van der Waals surface area contributed by atoms with Gasteiger partial charge in [-0.25, -0.2) is 4.99 Å². The first kappa shape index (κ1) is 24.4. The number of alkyl halides is 2. The van der Waals surface area contributed by atoms with E-state index in [-0.39, 0.29) is 43.1 Å². The molecule has 0 atom stereocenters. The number of rotatable bonds is 10. The quantitative estimate of drug-likeness (QED) is 0.200. The highest BCUT2D eigenvalue weighted by atomic mass is 127. The van der Waals surface area contributed by atoms with Gasteiger partial charge in [-0.1, -0.05) is 0 Å². The van der Waals surface area contributed by atoms with Crippen molar-refractivity contribution in [1.82, 2.24) is 10.6 Å². The highest BCUT2D eigenvalue weighted by Gasteiger charge is 2.20. The Labute approximate surface area is 194 Å². The monoisotopic (exact) mass is 555 g/mol. The van der Waals surface area contributed by atoms with Gasteiger partial charge >= 0.3 is 6.61 Å². The molecule has 0 fully saturated rings. The third kappa shape index (κ3) is 7.42. The normalized spacial score (nSPS) is 12.6. The van der Waals surface area contributed by atoms with Crippen LogP contribution in [0, 0.1) is 0 Å². The molecule has 3 rings (SSSR count). The molecular weight excluding hydrogens is 531 g/mol. The maximum Gasteiger partial charge on any atom is 0.387 e. The number of fused-ring (bicyclic) bond motifs is 1. The highest BCUT2D eigenvalue weighted by Crippen LogP contribution is 2.39. The summed E-state index contributed by atoms with van der Waals surface area (Å²) < 4.78 is 46.1. The van der Waals surface area contributed by atoms with Gasteiger partial charge in [0.1, 0.15) is 11.5 Å². The van der Waals surface area contributed by atoms with Crippen molar-refractivity contribution >= 4 is 41.7 Å². The van der Waals surface area contributed by atoms with E-state index in [0.717, 1.165) is 18.1 Å². The molecule has 166 valence electrons. The van der Waals surface area contributed by atoms with E-state index in [2.05, 4.69) is 20.4 Å². The summed E-state index contributed by atoms with van der Waals surface area (Å²) in [7, 11) is 0. The molecule has 1 aliphatic rings. The molecule has 0 saturated carbocycles. The number of furan rings is 1. The van der Waals surface area contributed by atoms with Gasteiger partial charge in [-0.15, -0.1) is 24.0 Å². The Bertz CT molecular complexity index is 809. The van der Waals surface area contributed by atoms with Crippen molar-refractivity contribution < 1.29 is 27.4 Å². The lowest BCUT2D eigenvalue weighted by atomic mass is 10.1. The summed E-state index contributed by atoms with van der Waals surface area (Å²) in [4.78, 5) is 4.51. The SMILES string of the molecule is CSCCNC(=NCc1cc2c(cc1OC(F)F)OCO2)NCCc1ccco1.I. The fraction of sp³-hybridized carbons (Fsp3) is 0.421. The van der Waals surface area contributed by atoms with E-state index in [1.807, 2.05) is 18.4 Å². The molecule has 11 heteroatoms. The van der Waals surface area contributed by atoms with Crippen LogP contribution in [-0.2, 0) is 13.0 Å². The molecular formula is C19H24F2IN3O4S. The second kappa shape index (κ2) is 12.7. The molecule has 0 radical (unpaired) electrons. The Morgan fingerprint density at radius 2 is 2.00 bits per heavy atom. The van der Waals surface area contributed by atoms with E-state index in [1.54, 1.807) is 24.1 Å². The Balaban J connectivity index is 0.00000320. The molecule has 2 heterocycles. The van der Waals surface area contributed by atoms with E-state index in [1.165, 1.54) is 6.07 Å². The fourth-order valence-corrected chi connectivity index (χ4v) is 2.97. The van der Waals surface area contributed by atoms with Crippen molar-refractivity contribution in [2.24, 2.45) is 4.99 Å². The van der Waals surface area contributed by atoms with Crippen molar-refractivity contribution in [2.45, 2.75) is 19.6 Å². The second-order valence-corrected chi connectivity index (χ2v) is 7.02. The molecule has 1 aliphatic heterocycles. The number of hydrogen-bond acceptors (Lipinski definition) is 6. The van der Waals surface area contributed by atoms with Gasteiger partial charge in [-0.05, 0) is 24.5 Å². The number of hydrogen-bond donors (Lipinski definition) is 2. The minimum absolute atomic E-state index is 0. The molecule has 0 spiro atoms. The Hall–Kier alpha value is -1.89. The zero-order chi connectivity index (χ0) is 20.5. The largest absolute Gasteiger partial charge is 0.469 e. The van der Waals surface area contributed by atoms with Gasteiger partial charge in [0.2, 0.25) is 6.79 Å². The number of ether oxygens (including phenoxy) is 3. The van der Waals surface area contributed by atoms with E-state index >= 15 is 0 Å². The molecule has 0 amide bonds. The molecule has 0 saturated heterocycles. The lowest BCUT2D eigenvalue weighted by Gasteiger charge is -2.14. The maximum atomic E-state index is 12.8. The molecule has 0 bridgehead atoms. The zero-order valence-electron chi connectivity index (χ0n) is 16.4. The summed E-state index contributed by atoms with van der Waals surface area (Å²) in [6.07, 6.45) is 4.34. The van der Waals surface area contributed by atoms with Crippen molar-refractivity contribution in [3.8, 4) is 17.2 Å². The highest BCUT2D eigenvalue weighted by molar-refractivity contribution is 14.0. The number of guanidine groups is 1. The number of halogens is 3. The van der Waals surface area contributed by atoms with Gasteiger partial charge in [0.25, 0.3) is 0 Å². The van der Waals surface area contributed by atoms with Crippen molar-refractivity contribution in [2.75, 3.05) is 31.9 Å². The number of aliphatic imine (C=N–C) groups is 1. The molecule has 7 nitrogen and oxygen atoms in total. The van der Waals surface area contributed by atoms with Gasteiger partial charge in [0.05, 0.1) is 12.8 Å². The number of nitrogens with zero attached hydrogens (tertiary/aromatic N) is 1. The standard InChI is InChI=1S/C19H23F2N3O4S.HI/c1-29-8-6-23-19(22-5-4-14-3-2-7-25-14)24-11-13-9-16-17(27-12-26-16)10-15(13)28-18(20)21;/h2-3,7,9-10,18H,4-6,8,11-12H2,1H3,(H2,22,23,24);1H. The van der Waals surface area contributed by atoms with Gasteiger partial charge in [0.15, 0.2) is 17.5 Å². The van der Waals surface area contributed by atoms with Crippen LogP contribution in [0.5, 0.6) is 17.2 Å². The third-order valence-corrected chi connectivity index (χ3v) is 4.63. The van der Waals surface area contributed by atoms with Crippen LogP contribution >= 0.6 is 35.7 Å². The topological polar surface area (TPSA) is 77.3 Å². The third-order valence-electron chi connectivity index (χ3n) is 4.02. The smallest absolute Gasteiger partial charge is 0.387 e. The van der Waals surface area contributed by atoms with Gasteiger partial charge in [0, 0.05) is 36.9 Å². The zero-order valence-corrected chi connectivity index (χ0v) is 19.5. The Morgan fingerprint density at radius 3 is 2.70 bits per heavy atom. The van der Waals surface area contributed by atoms with Crippen LogP contribution < -0.4 is 24.8 Å². The average Bonchev–Trinajstić information content (AvgIpc) is 3.36. The van der Waals surface area contributed by atoms with Gasteiger partial charge < -0.3 is 29.3 Å². The molecule has 0 unspecified atom stereocenters. The first-order valence-electron chi connectivity index (χ1n) is 9.06. The Morgan fingerprint density at radius 1 is 1.23 bits per heavy atom. The first-order valence-corrected chi connectivity index (χ1v) is 10.5. The van der Waals surface area contributed by atoms with Crippen LogP contribution in [0.3, 0.4) is 0 Å². The molecule has 2 N–H and O–H groups in total. The van der Waals surface area contributed by atoms with Crippen LogP contribution in [0.25, 0.3) is 0 Å². The Kier molecular flexibility index (Phi) is 10.3. The van der Waals surface area contributed by atoms with Crippen molar-refractivity contribution in [3.63, 3.8) is 0 Å². The second-order valence-electron chi connectivity index (χ2n) is 6.03. The molecule has 1 aromatic carbocycles. The van der Waals surface area contributed by atoms with Crippen LogP contribution in [0.15, 0.2) is 39.9 Å². The lowest BCUT2D eigenvalue weighted by Crippen LogP contribution is -2.39. The van der Waals surface area contributed by atoms with E-state index in [9.17, 15) is 8.78 Å². The summed E-state index contributed by atoms with van der Waals surface area (Å²) in [5, 5.41) is 6.45. The van der Waals surface area contributed by atoms with E-state index in [4.69, 9.17) is 13.9 Å². The van der Waals surface area contributed by atoms with Gasteiger partial charge in [-0.2, -0.15) is 20.5 Å². The lowest BCUT2D eigenvalue weighted by molar-refractivity contribution is -0.0505. The number of thioether (sulfide) groups is 1. The van der Waals surface area contributed by atoms with E-state index in [0.29, 0.717) is 36.0 Å². The van der Waals surface area contributed by atoms with Crippen LogP contribution in [0.1, 0.15) is 11.3 Å². The summed E-state index contributed by atoms with van der Waals surface area (Å²) in [6.45, 7) is -1.43. The average molecular weight is 555 g/mol. The van der Waals surface area contributed by atoms with Crippen LogP contribution in [0.4, 0.5) is 8.78 Å². The fourth-order valence-electron chi connectivity index (χ4n) is 2.66. The van der Waals surface area contributed by atoms with Crippen LogP contribution in [-0.4, -0.2) is 44.5 Å². The molecule has 30 heavy (non-hydrogen) atoms. The number of nitrogens with one attached hydrogen (secondary N) is 2. The molecule has 0 aliphatic carbocycles. The first-order chi connectivity index (χ1) is 14.2.